The molecule has 1 aliphatic rings. The summed E-state index contributed by atoms with van der Waals surface area (Å²) in [4.78, 5) is 22.8. The van der Waals surface area contributed by atoms with Crippen molar-refractivity contribution < 1.29 is 19.1 Å². The third kappa shape index (κ3) is 3.29. The molecular weight excluding hydrogens is 237 g/mol. The summed E-state index contributed by atoms with van der Waals surface area (Å²) >= 11 is 0. The van der Waals surface area contributed by atoms with Crippen LogP contribution in [-0.2, 0) is 4.79 Å². The second-order valence-corrected chi connectivity index (χ2v) is 4.55. The average Bonchev–Trinajstić information content (AvgIpc) is 3.12. The molecule has 0 unspecified atom stereocenters. The molecule has 1 aliphatic carbocycles. The minimum Gasteiger partial charge on any atom is -0.480 e. The molecule has 2 N–H and O–H groups in total. The molecule has 0 spiro atoms. The van der Waals surface area contributed by atoms with Crippen molar-refractivity contribution in [3.63, 3.8) is 0 Å². The highest BCUT2D eigenvalue weighted by atomic mass is 19.1. The van der Waals surface area contributed by atoms with Crippen molar-refractivity contribution in [2.45, 2.75) is 25.3 Å². The van der Waals surface area contributed by atoms with Crippen LogP contribution in [0.4, 0.5) is 4.39 Å². The fourth-order valence-corrected chi connectivity index (χ4v) is 1.75. The highest BCUT2D eigenvalue weighted by molar-refractivity contribution is 5.96. The monoisotopic (exact) mass is 251 g/mol. The SMILES string of the molecule is O=C(N[C@@H](CC1CC1)C(=O)O)c1ccc(F)cc1. The number of amides is 1. The van der Waals surface area contributed by atoms with Crippen molar-refractivity contribution >= 4 is 11.9 Å². The Morgan fingerprint density at radius 1 is 1.33 bits per heavy atom. The summed E-state index contributed by atoms with van der Waals surface area (Å²) in [5.41, 5.74) is 0.262. The zero-order valence-corrected chi connectivity index (χ0v) is 9.73. The quantitative estimate of drug-likeness (QED) is 0.838. The molecule has 1 saturated carbocycles. The number of carboxylic acids is 1. The molecule has 96 valence electrons. The molecule has 1 fully saturated rings. The first-order valence-electron chi connectivity index (χ1n) is 5.85. The lowest BCUT2D eigenvalue weighted by molar-refractivity contribution is -0.139. The van der Waals surface area contributed by atoms with Crippen LogP contribution in [0.1, 0.15) is 29.6 Å². The van der Waals surface area contributed by atoms with Gasteiger partial charge in [-0.2, -0.15) is 0 Å². The van der Waals surface area contributed by atoms with Crippen molar-refractivity contribution in [3.8, 4) is 0 Å². The standard InChI is InChI=1S/C13H14FNO3/c14-10-5-3-9(4-6-10)12(16)15-11(13(17)18)7-8-1-2-8/h3-6,8,11H,1-2,7H2,(H,15,16)(H,17,18)/t11-/m0/s1. The molecule has 5 heteroatoms. The number of halogens is 1. The van der Waals surface area contributed by atoms with E-state index >= 15 is 0 Å². The van der Waals surface area contributed by atoms with E-state index in [4.69, 9.17) is 5.11 Å². The Balaban J connectivity index is 1.99. The summed E-state index contributed by atoms with van der Waals surface area (Å²) in [6.45, 7) is 0. The van der Waals surface area contributed by atoms with Crippen LogP contribution in [-0.4, -0.2) is 23.0 Å². The average molecular weight is 251 g/mol. The highest BCUT2D eigenvalue weighted by Gasteiger charge is 2.30. The Bertz CT molecular complexity index is 454. The maximum absolute atomic E-state index is 12.7. The van der Waals surface area contributed by atoms with Crippen molar-refractivity contribution in [3.05, 3.63) is 35.6 Å². The minimum absolute atomic E-state index is 0.262. The topological polar surface area (TPSA) is 66.4 Å². The summed E-state index contributed by atoms with van der Waals surface area (Å²) in [6, 6.07) is 4.15. The molecule has 0 radical (unpaired) electrons. The van der Waals surface area contributed by atoms with Crippen LogP contribution in [0.25, 0.3) is 0 Å². The Morgan fingerprint density at radius 2 is 1.94 bits per heavy atom. The molecule has 2 rings (SSSR count). The number of carbonyl (C=O) groups excluding carboxylic acids is 1. The van der Waals surface area contributed by atoms with Gasteiger partial charge in [0.2, 0.25) is 0 Å². The number of carbonyl (C=O) groups is 2. The predicted molar refractivity (Wildman–Crippen MR) is 62.6 cm³/mol. The van der Waals surface area contributed by atoms with Crippen molar-refractivity contribution in [1.82, 2.24) is 5.32 Å². The highest BCUT2D eigenvalue weighted by Crippen LogP contribution is 2.33. The first-order chi connectivity index (χ1) is 8.56. The van der Waals surface area contributed by atoms with Crippen LogP contribution >= 0.6 is 0 Å². The number of aliphatic carboxylic acids is 1. The Hall–Kier alpha value is -1.91. The normalized spacial score (nSPS) is 16.1. The van der Waals surface area contributed by atoms with Gasteiger partial charge in [-0.15, -0.1) is 0 Å². The molecular formula is C13H14FNO3. The molecule has 1 amide bonds. The number of hydrogen-bond donors (Lipinski definition) is 2. The molecule has 4 nitrogen and oxygen atoms in total. The fraction of sp³-hybridized carbons (Fsp3) is 0.385. The summed E-state index contributed by atoms with van der Waals surface area (Å²) < 4.78 is 12.7. The van der Waals surface area contributed by atoms with E-state index in [2.05, 4.69) is 5.32 Å². The van der Waals surface area contributed by atoms with Gasteiger partial charge in [0.05, 0.1) is 0 Å². The van der Waals surface area contributed by atoms with Gasteiger partial charge in [0, 0.05) is 5.56 Å². The van der Waals surface area contributed by atoms with Crippen LogP contribution in [0.5, 0.6) is 0 Å². The Morgan fingerprint density at radius 3 is 2.44 bits per heavy atom. The maximum Gasteiger partial charge on any atom is 0.326 e. The van der Waals surface area contributed by atoms with Gasteiger partial charge in [-0.1, -0.05) is 12.8 Å². The summed E-state index contributed by atoms with van der Waals surface area (Å²) in [5.74, 6) is -1.54. The lowest BCUT2D eigenvalue weighted by atomic mass is 10.1. The van der Waals surface area contributed by atoms with Crippen molar-refractivity contribution in [2.24, 2.45) is 5.92 Å². The van der Waals surface area contributed by atoms with Crippen LogP contribution < -0.4 is 5.32 Å². The first kappa shape index (κ1) is 12.5. The maximum atomic E-state index is 12.7. The molecule has 0 aliphatic heterocycles. The summed E-state index contributed by atoms with van der Waals surface area (Å²) in [6.07, 6.45) is 2.51. The molecule has 0 bridgehead atoms. The van der Waals surface area contributed by atoms with Gasteiger partial charge in [0.15, 0.2) is 0 Å². The Labute approximate surface area is 104 Å². The molecule has 1 aromatic rings. The van der Waals surface area contributed by atoms with Gasteiger partial charge >= 0.3 is 5.97 Å². The van der Waals surface area contributed by atoms with Crippen LogP contribution in [0.2, 0.25) is 0 Å². The number of hydrogen-bond acceptors (Lipinski definition) is 2. The van der Waals surface area contributed by atoms with Gasteiger partial charge in [0.25, 0.3) is 5.91 Å². The third-order valence-electron chi connectivity index (χ3n) is 2.98. The molecule has 0 heterocycles. The van der Waals surface area contributed by atoms with E-state index in [0.29, 0.717) is 12.3 Å². The van der Waals surface area contributed by atoms with E-state index < -0.39 is 23.7 Å². The largest absolute Gasteiger partial charge is 0.480 e. The number of carboxylic acid groups (broad SMARTS) is 1. The number of nitrogens with one attached hydrogen (secondary N) is 1. The zero-order chi connectivity index (χ0) is 13.1. The lowest BCUT2D eigenvalue weighted by Crippen LogP contribution is -2.41. The Kier molecular flexibility index (Phi) is 3.60. The van der Waals surface area contributed by atoms with Crippen molar-refractivity contribution in [2.75, 3.05) is 0 Å². The first-order valence-corrected chi connectivity index (χ1v) is 5.85. The zero-order valence-electron chi connectivity index (χ0n) is 9.73. The van der Waals surface area contributed by atoms with E-state index in [-0.39, 0.29) is 5.56 Å². The van der Waals surface area contributed by atoms with Crippen LogP contribution in [0.3, 0.4) is 0 Å². The van der Waals surface area contributed by atoms with Gasteiger partial charge in [-0.05, 0) is 36.6 Å². The second kappa shape index (κ2) is 5.16. The smallest absolute Gasteiger partial charge is 0.326 e. The van der Waals surface area contributed by atoms with Gasteiger partial charge < -0.3 is 10.4 Å². The molecule has 0 saturated heterocycles. The van der Waals surface area contributed by atoms with E-state index in [1.165, 1.54) is 24.3 Å². The molecule has 18 heavy (non-hydrogen) atoms. The predicted octanol–water partition coefficient (Wildman–Crippen LogP) is 1.81. The van der Waals surface area contributed by atoms with Crippen LogP contribution in [0, 0.1) is 11.7 Å². The number of rotatable bonds is 5. The minimum atomic E-state index is -1.03. The van der Waals surface area contributed by atoms with Gasteiger partial charge in [-0.3, -0.25) is 4.79 Å². The van der Waals surface area contributed by atoms with E-state index in [0.717, 1.165) is 12.8 Å². The van der Waals surface area contributed by atoms with E-state index in [1.54, 1.807) is 0 Å². The molecule has 0 aromatic heterocycles. The summed E-state index contributed by atoms with van der Waals surface area (Å²) in [5, 5.41) is 11.5. The van der Waals surface area contributed by atoms with Crippen LogP contribution in [0.15, 0.2) is 24.3 Å². The van der Waals surface area contributed by atoms with Crippen molar-refractivity contribution in [1.29, 1.82) is 0 Å². The second-order valence-electron chi connectivity index (χ2n) is 4.55. The summed E-state index contributed by atoms with van der Waals surface area (Å²) in [7, 11) is 0. The lowest BCUT2D eigenvalue weighted by Gasteiger charge is -2.14. The van der Waals surface area contributed by atoms with Gasteiger partial charge in [-0.25, -0.2) is 9.18 Å². The molecule has 1 aromatic carbocycles. The molecule has 1 atom stereocenters. The van der Waals surface area contributed by atoms with E-state index in [1.807, 2.05) is 0 Å². The van der Waals surface area contributed by atoms with E-state index in [9.17, 15) is 14.0 Å². The third-order valence-corrected chi connectivity index (χ3v) is 2.98. The fourth-order valence-electron chi connectivity index (χ4n) is 1.75. The number of benzene rings is 1. The van der Waals surface area contributed by atoms with Gasteiger partial charge in [0.1, 0.15) is 11.9 Å².